The summed E-state index contributed by atoms with van der Waals surface area (Å²) in [6.07, 6.45) is -5.23. The Morgan fingerprint density at radius 2 is 1.39 bits per heavy atom. The molecule has 0 bridgehead atoms. The Kier molecular flexibility index (Phi) is 10.2. The van der Waals surface area contributed by atoms with Crippen molar-refractivity contribution in [2.45, 2.75) is 37.1 Å². The van der Waals surface area contributed by atoms with Crippen molar-refractivity contribution in [1.29, 1.82) is 0 Å². The van der Waals surface area contributed by atoms with E-state index in [9.17, 15) is 38.6 Å². The molecular weight excluding hydrogens is 649 g/mol. The molecular formula is C22H29F2N10O11P. The highest BCUT2D eigenvalue weighted by molar-refractivity contribution is 7.45. The van der Waals surface area contributed by atoms with Crippen molar-refractivity contribution in [1.82, 2.24) is 39.0 Å². The van der Waals surface area contributed by atoms with Crippen molar-refractivity contribution in [2.24, 2.45) is 11.8 Å². The van der Waals surface area contributed by atoms with E-state index in [0.717, 1.165) is 0 Å². The molecule has 0 saturated carbocycles. The highest BCUT2D eigenvalue weighted by Gasteiger charge is 2.47. The van der Waals surface area contributed by atoms with Gasteiger partial charge in [0.2, 0.25) is 26.6 Å². The first kappa shape index (κ1) is 33.6. The minimum atomic E-state index is -2.27. The van der Waals surface area contributed by atoms with Crippen LogP contribution in [0.15, 0.2) is 22.2 Å². The Labute approximate surface area is 255 Å². The first-order valence-electron chi connectivity index (χ1n) is 13.3. The second-order valence-electron chi connectivity index (χ2n) is 9.98. The molecule has 2 aliphatic heterocycles. The normalized spacial score (nSPS) is 28.5. The molecule has 0 aliphatic carbocycles. The van der Waals surface area contributed by atoms with E-state index in [4.69, 9.17) is 30.9 Å². The third kappa shape index (κ3) is 6.29. The third-order valence-electron chi connectivity index (χ3n) is 7.21. The molecule has 6 rings (SSSR count). The van der Waals surface area contributed by atoms with Crippen LogP contribution in [-0.4, -0.2) is 115 Å². The van der Waals surface area contributed by atoms with Crippen molar-refractivity contribution in [2.75, 3.05) is 37.8 Å². The average molecular weight is 679 g/mol. The Balaban J connectivity index is 0.000000184. The maximum Gasteiger partial charge on any atom is 0.280 e. The van der Waals surface area contributed by atoms with Gasteiger partial charge < -0.3 is 46.3 Å². The van der Waals surface area contributed by atoms with E-state index in [1.165, 1.54) is 21.8 Å². The van der Waals surface area contributed by atoms with Crippen LogP contribution in [0, 0.1) is 11.8 Å². The fourth-order valence-electron chi connectivity index (χ4n) is 4.94. The molecule has 46 heavy (non-hydrogen) atoms. The zero-order chi connectivity index (χ0) is 33.3. The van der Waals surface area contributed by atoms with Gasteiger partial charge in [-0.1, -0.05) is 0 Å². The maximum absolute atomic E-state index is 13.3. The number of alkyl halides is 2. The van der Waals surface area contributed by atoms with Crippen molar-refractivity contribution in [3.63, 3.8) is 0 Å². The van der Waals surface area contributed by atoms with Crippen LogP contribution in [0.4, 0.5) is 20.7 Å². The second-order valence-corrected chi connectivity index (χ2v) is 11.1. The van der Waals surface area contributed by atoms with Gasteiger partial charge in [0.05, 0.1) is 44.6 Å². The summed E-state index contributed by atoms with van der Waals surface area (Å²) in [4.78, 5) is 57.7. The number of rotatable bonds is 9. The number of halogens is 2. The number of nitrogens with one attached hydrogen (secondary N) is 2. The number of nitrogen functional groups attached to an aromatic ring is 2. The Bertz CT molecular complexity index is 1770. The molecule has 0 amide bonds. The minimum absolute atomic E-state index is 0.0317. The number of fused-ring (bicyclic) bond motifs is 2. The van der Waals surface area contributed by atoms with Crippen LogP contribution in [0.1, 0.15) is 12.5 Å². The standard InChI is InChI=1S/C11H15FN5O7P.C11H14FN5O4/c12-1-4-6(19)9(22-10(4)23-24-25(21)3-18)17-2-14-5-7(17)15-11(13)16-8(5)20;12-1-4-5(2-18)21-10(7(4)19)17-3-14-6-8(17)15-11(13)16-9(6)20/h2,4,6,9-10,18-19,21H,1,3H2,(H3,13,15,16,20);3-5,7,10,18-19H,1-2H2,(H3,13,15,16,20)/t4-,6?,9-,10-,25?;4-,5+,7?,10+/m10/s1. The van der Waals surface area contributed by atoms with Gasteiger partial charge >= 0.3 is 0 Å². The number of H-pyrrole nitrogens is 2. The third-order valence-corrected chi connectivity index (χ3v) is 7.71. The number of aromatic nitrogens is 8. The number of hydrogen-bond acceptors (Lipinski definition) is 17. The number of aliphatic hydroxyl groups excluding tert-OH is 4. The molecule has 4 aromatic heterocycles. The van der Waals surface area contributed by atoms with Crippen LogP contribution in [0.5, 0.6) is 0 Å². The molecule has 0 radical (unpaired) electrons. The van der Waals surface area contributed by atoms with Gasteiger partial charge in [0.25, 0.3) is 11.1 Å². The van der Waals surface area contributed by atoms with E-state index < -0.39 is 94.7 Å². The summed E-state index contributed by atoms with van der Waals surface area (Å²) >= 11 is 0. The number of aliphatic hydroxyl groups is 4. The molecule has 2 aliphatic rings. The van der Waals surface area contributed by atoms with Crippen molar-refractivity contribution in [3.05, 3.63) is 33.4 Å². The van der Waals surface area contributed by atoms with Gasteiger partial charge in [0.1, 0.15) is 18.6 Å². The van der Waals surface area contributed by atoms with Gasteiger partial charge in [0, 0.05) is 5.92 Å². The van der Waals surface area contributed by atoms with Gasteiger partial charge in [-0.2, -0.15) is 19.5 Å². The quantitative estimate of drug-likeness (QED) is 0.0492. The molecule has 2 fully saturated rings. The monoisotopic (exact) mass is 678 g/mol. The molecule has 0 aromatic carbocycles. The lowest BCUT2D eigenvalue weighted by molar-refractivity contribution is -0.328. The fourth-order valence-corrected chi connectivity index (χ4v) is 5.18. The lowest BCUT2D eigenvalue weighted by Gasteiger charge is -2.17. The highest BCUT2D eigenvalue weighted by atomic mass is 31.2. The van der Waals surface area contributed by atoms with E-state index in [1.54, 1.807) is 0 Å². The molecule has 11 N–H and O–H groups in total. The Morgan fingerprint density at radius 3 is 1.85 bits per heavy atom. The maximum atomic E-state index is 13.3. The smallest absolute Gasteiger partial charge is 0.280 e. The zero-order valence-corrected chi connectivity index (χ0v) is 24.2. The van der Waals surface area contributed by atoms with Crippen LogP contribution < -0.4 is 22.6 Å². The fraction of sp³-hybridized carbons (Fsp3) is 0.545. The Hall–Kier alpha value is -3.77. The van der Waals surface area contributed by atoms with Gasteiger partial charge in [-0.05, 0) is 0 Å². The number of nitrogens with two attached hydrogens (primary N) is 2. The van der Waals surface area contributed by atoms with E-state index in [-0.39, 0.29) is 34.2 Å². The summed E-state index contributed by atoms with van der Waals surface area (Å²) in [5.74, 6) is -2.29. The zero-order valence-electron chi connectivity index (χ0n) is 23.3. The van der Waals surface area contributed by atoms with Crippen molar-refractivity contribution < 1.29 is 53.1 Å². The van der Waals surface area contributed by atoms with Gasteiger partial charge in [-0.3, -0.25) is 37.5 Å². The van der Waals surface area contributed by atoms with Gasteiger partial charge in [-0.25, -0.2) is 9.97 Å². The van der Waals surface area contributed by atoms with Crippen LogP contribution in [-0.2, 0) is 19.0 Å². The minimum Gasteiger partial charge on any atom is -0.394 e. The number of nitrogens with zero attached hydrogens (tertiary/aromatic N) is 6. The summed E-state index contributed by atoms with van der Waals surface area (Å²) in [7, 11) is -2.27. The predicted molar refractivity (Wildman–Crippen MR) is 149 cm³/mol. The summed E-state index contributed by atoms with van der Waals surface area (Å²) in [5, 5.41) is 38.3. The van der Waals surface area contributed by atoms with Crippen LogP contribution in [0.3, 0.4) is 0 Å². The number of ether oxygens (including phenoxy) is 2. The topological polar surface area (TPSA) is 317 Å². The Morgan fingerprint density at radius 1 is 0.891 bits per heavy atom. The molecule has 9 atom stereocenters. The molecule has 6 heterocycles. The molecule has 4 aromatic rings. The number of imidazole rings is 2. The summed E-state index contributed by atoms with van der Waals surface area (Å²) in [6, 6.07) is 0. The van der Waals surface area contributed by atoms with E-state index >= 15 is 0 Å². The van der Waals surface area contributed by atoms with Crippen LogP contribution in [0.2, 0.25) is 0 Å². The lowest BCUT2D eigenvalue weighted by Crippen LogP contribution is -2.29. The second kappa shape index (κ2) is 13.9. The van der Waals surface area contributed by atoms with Gasteiger partial charge in [0.15, 0.2) is 34.8 Å². The SMILES string of the molecule is Nc1nc2c(ncn2[C@@H]2O[C@H](CO)[C@H](CF)C2O)c(=O)[nH]1.Nc1nc2c(ncn2[C@@H]2O[C@H](OOP(O)CO)[C@H](CF)C2O)c(=O)[nH]1. The van der Waals surface area contributed by atoms with Crippen LogP contribution >= 0.6 is 8.38 Å². The number of hydrogen-bond donors (Lipinski definition) is 9. The van der Waals surface area contributed by atoms with Crippen LogP contribution in [0.25, 0.3) is 22.3 Å². The molecule has 21 nitrogen and oxygen atoms in total. The molecule has 252 valence electrons. The molecule has 2 saturated heterocycles. The predicted octanol–water partition coefficient (Wildman–Crippen LogP) is -2.76. The molecule has 24 heteroatoms. The van der Waals surface area contributed by atoms with Crippen molar-refractivity contribution in [3.8, 4) is 0 Å². The number of aromatic amines is 2. The van der Waals surface area contributed by atoms with E-state index in [1.807, 2.05) is 0 Å². The lowest BCUT2D eigenvalue weighted by atomic mass is 10.0. The highest BCUT2D eigenvalue weighted by Crippen LogP contribution is 2.39. The number of anilines is 2. The van der Waals surface area contributed by atoms with E-state index in [0.29, 0.717) is 0 Å². The van der Waals surface area contributed by atoms with E-state index in [2.05, 4.69) is 34.6 Å². The summed E-state index contributed by atoms with van der Waals surface area (Å²) in [6.45, 7) is -2.28. The average Bonchev–Trinajstić information content (AvgIpc) is 3.79. The van der Waals surface area contributed by atoms with Crippen molar-refractivity contribution >= 4 is 42.6 Å². The summed E-state index contributed by atoms with van der Waals surface area (Å²) in [5.41, 5.74) is 10.0. The summed E-state index contributed by atoms with van der Waals surface area (Å²) < 4.78 is 44.1. The van der Waals surface area contributed by atoms with Gasteiger partial charge in [-0.15, -0.1) is 0 Å². The molecule has 0 spiro atoms. The largest absolute Gasteiger partial charge is 0.394 e. The first-order valence-corrected chi connectivity index (χ1v) is 14.7. The first-order chi connectivity index (χ1) is 22.0. The molecule has 3 unspecified atom stereocenters.